The first-order valence-electron chi connectivity index (χ1n) is 5.90. The van der Waals surface area contributed by atoms with Crippen molar-refractivity contribution in [2.45, 2.75) is 6.42 Å². The molecule has 0 atom stereocenters. The molecule has 1 aromatic carbocycles. The van der Waals surface area contributed by atoms with Crippen molar-refractivity contribution in [3.63, 3.8) is 0 Å². The number of amides is 1. The Kier molecular flexibility index (Phi) is 3.31. The third kappa shape index (κ3) is 2.12. The van der Waals surface area contributed by atoms with Crippen LogP contribution in [0.5, 0.6) is 0 Å². The third-order valence-corrected chi connectivity index (χ3v) is 4.50. The fourth-order valence-corrected chi connectivity index (χ4v) is 3.53. The van der Waals surface area contributed by atoms with Gasteiger partial charge >= 0.3 is 0 Å². The third-order valence-electron chi connectivity index (χ3n) is 3.18. The van der Waals surface area contributed by atoms with Gasteiger partial charge in [-0.15, -0.1) is 11.3 Å². The van der Waals surface area contributed by atoms with E-state index >= 15 is 0 Å². The summed E-state index contributed by atoms with van der Waals surface area (Å²) in [5.74, 6) is -0.177. The van der Waals surface area contributed by atoms with Crippen LogP contribution in [0.25, 0.3) is 0 Å². The van der Waals surface area contributed by atoms with Crippen molar-refractivity contribution in [1.29, 1.82) is 0 Å². The van der Waals surface area contributed by atoms with Crippen molar-refractivity contribution in [2.75, 3.05) is 11.4 Å². The number of anilines is 1. The molecule has 2 heterocycles. The van der Waals surface area contributed by atoms with Gasteiger partial charge < -0.3 is 4.90 Å². The Hall–Kier alpha value is -1.73. The number of benzene rings is 1. The Morgan fingerprint density at radius 2 is 2.25 bits per heavy atom. The Labute approximate surface area is 127 Å². The number of nitro groups is 1. The van der Waals surface area contributed by atoms with E-state index in [1.807, 2.05) is 11.4 Å². The highest BCUT2D eigenvalue weighted by Crippen LogP contribution is 2.40. The van der Waals surface area contributed by atoms with Crippen LogP contribution < -0.4 is 4.90 Å². The van der Waals surface area contributed by atoms with Crippen LogP contribution in [0.15, 0.2) is 34.1 Å². The monoisotopic (exact) mass is 352 g/mol. The maximum Gasteiger partial charge on any atom is 0.294 e. The first-order valence-corrected chi connectivity index (χ1v) is 7.57. The Bertz CT molecular complexity index is 700. The number of carbonyl (C=O) groups excluding carboxylic acids is 1. The first kappa shape index (κ1) is 13.3. The number of carbonyl (C=O) groups is 1. The van der Waals surface area contributed by atoms with Crippen molar-refractivity contribution >= 4 is 44.5 Å². The number of fused-ring (bicyclic) bond motifs is 1. The normalized spacial score (nSPS) is 13.3. The van der Waals surface area contributed by atoms with E-state index in [2.05, 4.69) is 15.9 Å². The number of hydrogen-bond acceptors (Lipinski definition) is 4. The molecule has 1 aromatic heterocycles. The summed E-state index contributed by atoms with van der Waals surface area (Å²) in [7, 11) is 0. The van der Waals surface area contributed by atoms with Gasteiger partial charge in [0.1, 0.15) is 5.69 Å². The second-order valence-corrected chi connectivity index (χ2v) is 6.24. The smallest absolute Gasteiger partial charge is 0.294 e. The second-order valence-electron chi connectivity index (χ2n) is 4.37. The number of halogens is 1. The molecule has 2 aromatic rings. The van der Waals surface area contributed by atoms with Crippen molar-refractivity contribution in [2.24, 2.45) is 0 Å². The highest BCUT2D eigenvalue weighted by atomic mass is 79.9. The van der Waals surface area contributed by atoms with Gasteiger partial charge in [0.15, 0.2) is 0 Å². The summed E-state index contributed by atoms with van der Waals surface area (Å²) in [6.07, 6.45) is 0.632. The molecule has 0 bridgehead atoms. The van der Waals surface area contributed by atoms with Crippen molar-refractivity contribution < 1.29 is 9.72 Å². The number of rotatable bonds is 2. The van der Waals surface area contributed by atoms with Gasteiger partial charge in [0, 0.05) is 17.1 Å². The van der Waals surface area contributed by atoms with Gasteiger partial charge in [0.25, 0.3) is 11.6 Å². The van der Waals surface area contributed by atoms with E-state index in [1.54, 1.807) is 12.1 Å². The van der Waals surface area contributed by atoms with E-state index in [0.29, 0.717) is 28.0 Å². The molecule has 20 heavy (non-hydrogen) atoms. The molecule has 0 saturated heterocycles. The lowest BCUT2D eigenvalue weighted by molar-refractivity contribution is -0.384. The van der Waals surface area contributed by atoms with E-state index in [4.69, 9.17) is 0 Å². The minimum Gasteiger partial charge on any atom is -0.301 e. The van der Waals surface area contributed by atoms with E-state index in [9.17, 15) is 14.9 Å². The predicted molar refractivity (Wildman–Crippen MR) is 80.5 cm³/mol. The van der Waals surface area contributed by atoms with Gasteiger partial charge in [-0.05, 0) is 29.5 Å². The molecule has 0 unspecified atom stereocenters. The van der Waals surface area contributed by atoms with E-state index in [-0.39, 0.29) is 11.6 Å². The fourth-order valence-electron chi connectivity index (χ4n) is 2.36. The van der Waals surface area contributed by atoms with E-state index < -0.39 is 4.92 Å². The largest absolute Gasteiger partial charge is 0.301 e. The molecule has 0 fully saturated rings. The molecule has 7 heteroatoms. The lowest BCUT2D eigenvalue weighted by Crippen LogP contribution is -2.28. The van der Waals surface area contributed by atoms with Crippen LogP contribution in [-0.2, 0) is 6.42 Å². The van der Waals surface area contributed by atoms with Crippen molar-refractivity contribution in [3.8, 4) is 0 Å². The average Bonchev–Trinajstić information content (AvgIpc) is 3.05. The predicted octanol–water partition coefficient (Wildman–Crippen LogP) is 3.62. The number of hydrogen-bond donors (Lipinski definition) is 0. The minimum absolute atomic E-state index is 0.0308. The summed E-state index contributed by atoms with van der Waals surface area (Å²) in [6.45, 7) is 0.476. The van der Waals surface area contributed by atoms with E-state index in [1.165, 1.54) is 22.3 Å². The van der Waals surface area contributed by atoms with Crippen molar-refractivity contribution in [3.05, 3.63) is 54.7 Å². The molecule has 5 nitrogen and oxygen atoms in total. The molecule has 0 aliphatic carbocycles. The minimum atomic E-state index is -0.441. The van der Waals surface area contributed by atoms with E-state index in [0.717, 1.165) is 5.56 Å². The van der Waals surface area contributed by atoms with Crippen LogP contribution in [0.1, 0.15) is 15.2 Å². The van der Waals surface area contributed by atoms with Gasteiger partial charge in [0.05, 0.1) is 9.80 Å². The topological polar surface area (TPSA) is 63.5 Å². The molecular formula is C13H9BrN2O3S. The summed E-state index contributed by atoms with van der Waals surface area (Å²) in [5, 5.41) is 13.0. The second kappa shape index (κ2) is 4.99. The molecular weight excluding hydrogens is 344 g/mol. The number of nitrogens with zero attached hydrogens (tertiary/aromatic N) is 2. The van der Waals surface area contributed by atoms with Crippen molar-refractivity contribution in [1.82, 2.24) is 0 Å². The summed E-state index contributed by atoms with van der Waals surface area (Å²) in [6, 6.07) is 6.81. The fraction of sp³-hybridized carbons (Fsp3) is 0.154. The van der Waals surface area contributed by atoms with Gasteiger partial charge in [-0.2, -0.15) is 0 Å². The van der Waals surface area contributed by atoms with Crippen LogP contribution >= 0.6 is 27.3 Å². The first-order chi connectivity index (χ1) is 9.58. The van der Waals surface area contributed by atoms with Crippen LogP contribution in [0.3, 0.4) is 0 Å². The van der Waals surface area contributed by atoms with Gasteiger partial charge in [-0.3, -0.25) is 14.9 Å². The highest BCUT2D eigenvalue weighted by molar-refractivity contribution is 9.10. The quantitative estimate of drug-likeness (QED) is 0.612. The standard InChI is InChI=1S/C13H9BrN2O3S/c14-9-6-8-3-4-15(12(8)10(7-9)16(18)19)13(17)11-2-1-5-20-11/h1-2,5-7H,3-4H2. The SMILES string of the molecule is O=C(c1cccs1)N1CCc2cc(Br)cc([N+](=O)[O-])c21. The lowest BCUT2D eigenvalue weighted by Gasteiger charge is -2.16. The molecule has 3 rings (SSSR count). The Balaban J connectivity index is 2.09. The summed E-state index contributed by atoms with van der Waals surface area (Å²) in [4.78, 5) is 25.3. The number of thiophene rings is 1. The van der Waals surface area contributed by atoms with Crippen LogP contribution in [-0.4, -0.2) is 17.4 Å². The van der Waals surface area contributed by atoms with Gasteiger partial charge in [-0.25, -0.2) is 0 Å². The highest BCUT2D eigenvalue weighted by Gasteiger charge is 2.33. The Morgan fingerprint density at radius 3 is 2.90 bits per heavy atom. The lowest BCUT2D eigenvalue weighted by atomic mass is 10.1. The molecule has 1 aliphatic rings. The molecule has 1 amide bonds. The molecule has 0 spiro atoms. The molecule has 1 aliphatic heterocycles. The van der Waals surface area contributed by atoms with Gasteiger partial charge in [0.2, 0.25) is 0 Å². The zero-order chi connectivity index (χ0) is 14.3. The molecule has 0 radical (unpaired) electrons. The molecule has 0 saturated carbocycles. The molecule has 102 valence electrons. The molecule has 0 N–H and O–H groups in total. The zero-order valence-corrected chi connectivity index (χ0v) is 12.6. The van der Waals surface area contributed by atoms with Crippen LogP contribution in [0.4, 0.5) is 11.4 Å². The maximum absolute atomic E-state index is 12.4. The maximum atomic E-state index is 12.4. The summed E-state index contributed by atoms with van der Waals surface area (Å²) >= 11 is 4.61. The zero-order valence-electron chi connectivity index (χ0n) is 10.2. The average molecular weight is 353 g/mol. The van der Waals surface area contributed by atoms with Crippen LogP contribution in [0, 0.1) is 10.1 Å². The van der Waals surface area contributed by atoms with Gasteiger partial charge in [-0.1, -0.05) is 22.0 Å². The summed E-state index contributed by atoms with van der Waals surface area (Å²) in [5.41, 5.74) is 1.23. The summed E-state index contributed by atoms with van der Waals surface area (Å²) < 4.78 is 0.661. The Morgan fingerprint density at radius 1 is 1.45 bits per heavy atom. The number of nitro benzene ring substituents is 1. The van der Waals surface area contributed by atoms with Crippen LogP contribution in [0.2, 0.25) is 0 Å².